The first-order chi connectivity index (χ1) is 8.74. The standard InChI is InChI=1S/C15H11FO2/c16-12-7-5-10(6-8-12)13-9-11-3-1-2-4-14(11)18-15(13)17/h1-8,13H,9H2. The molecule has 18 heavy (non-hydrogen) atoms. The summed E-state index contributed by atoms with van der Waals surface area (Å²) in [5, 5.41) is 0. The number of hydrogen-bond acceptors (Lipinski definition) is 2. The third kappa shape index (κ3) is 1.88. The van der Waals surface area contributed by atoms with Gasteiger partial charge in [-0.05, 0) is 35.7 Å². The molecule has 0 spiro atoms. The van der Waals surface area contributed by atoms with Crippen LogP contribution >= 0.6 is 0 Å². The molecule has 0 aliphatic carbocycles. The maximum Gasteiger partial charge on any atom is 0.319 e. The summed E-state index contributed by atoms with van der Waals surface area (Å²) in [6.45, 7) is 0. The number of halogens is 1. The number of benzene rings is 2. The maximum atomic E-state index is 12.9. The van der Waals surface area contributed by atoms with E-state index in [1.165, 1.54) is 12.1 Å². The van der Waals surface area contributed by atoms with E-state index >= 15 is 0 Å². The Kier molecular flexibility index (Phi) is 2.59. The molecule has 1 aliphatic rings. The Labute approximate surface area is 104 Å². The lowest BCUT2D eigenvalue weighted by Crippen LogP contribution is -2.25. The first-order valence-electron chi connectivity index (χ1n) is 5.79. The lowest BCUT2D eigenvalue weighted by molar-refractivity contribution is -0.137. The fourth-order valence-electron chi connectivity index (χ4n) is 2.20. The Bertz CT molecular complexity index is 590. The number of para-hydroxylation sites is 1. The van der Waals surface area contributed by atoms with Gasteiger partial charge in [0, 0.05) is 0 Å². The highest BCUT2D eigenvalue weighted by Crippen LogP contribution is 2.32. The Morgan fingerprint density at radius 1 is 1.06 bits per heavy atom. The van der Waals surface area contributed by atoms with Gasteiger partial charge in [-0.25, -0.2) is 4.39 Å². The van der Waals surface area contributed by atoms with Gasteiger partial charge in [-0.3, -0.25) is 4.79 Å². The fourth-order valence-corrected chi connectivity index (χ4v) is 2.20. The molecule has 2 aromatic rings. The maximum absolute atomic E-state index is 12.9. The Hall–Kier alpha value is -2.16. The molecule has 1 aliphatic heterocycles. The summed E-state index contributed by atoms with van der Waals surface area (Å²) in [6, 6.07) is 13.5. The molecule has 3 rings (SSSR count). The van der Waals surface area contributed by atoms with E-state index < -0.39 is 0 Å². The van der Waals surface area contributed by atoms with Gasteiger partial charge in [0.05, 0.1) is 5.92 Å². The molecule has 0 bridgehead atoms. The van der Waals surface area contributed by atoms with E-state index in [0.29, 0.717) is 12.2 Å². The highest BCUT2D eigenvalue weighted by molar-refractivity contribution is 5.83. The predicted octanol–water partition coefficient (Wildman–Crippen LogP) is 3.07. The highest BCUT2D eigenvalue weighted by Gasteiger charge is 2.29. The first kappa shape index (κ1) is 11.0. The Morgan fingerprint density at radius 2 is 1.78 bits per heavy atom. The molecule has 0 saturated carbocycles. The second-order valence-corrected chi connectivity index (χ2v) is 4.34. The van der Waals surface area contributed by atoms with Crippen LogP contribution < -0.4 is 4.74 Å². The molecule has 0 radical (unpaired) electrons. The van der Waals surface area contributed by atoms with Crippen molar-refractivity contribution in [2.45, 2.75) is 12.3 Å². The van der Waals surface area contributed by atoms with Crippen LogP contribution in [0.25, 0.3) is 0 Å². The van der Waals surface area contributed by atoms with E-state index in [9.17, 15) is 9.18 Å². The van der Waals surface area contributed by atoms with Crippen LogP contribution in [0.15, 0.2) is 48.5 Å². The van der Waals surface area contributed by atoms with Crippen LogP contribution in [-0.4, -0.2) is 5.97 Å². The van der Waals surface area contributed by atoms with Gasteiger partial charge in [-0.2, -0.15) is 0 Å². The minimum Gasteiger partial charge on any atom is -0.426 e. The number of rotatable bonds is 1. The molecule has 2 nitrogen and oxygen atoms in total. The molecular formula is C15H11FO2. The normalized spacial score (nSPS) is 18.1. The molecule has 0 N–H and O–H groups in total. The average molecular weight is 242 g/mol. The van der Waals surface area contributed by atoms with Crippen LogP contribution in [0.5, 0.6) is 5.75 Å². The lowest BCUT2D eigenvalue weighted by atomic mass is 9.90. The summed E-state index contributed by atoms with van der Waals surface area (Å²) in [5.74, 6) is -0.301. The summed E-state index contributed by atoms with van der Waals surface area (Å²) >= 11 is 0. The van der Waals surface area contributed by atoms with E-state index in [0.717, 1.165) is 11.1 Å². The van der Waals surface area contributed by atoms with Gasteiger partial charge in [0.1, 0.15) is 11.6 Å². The number of carbonyl (C=O) groups excluding carboxylic acids is 1. The molecule has 0 amide bonds. The summed E-state index contributed by atoms with van der Waals surface area (Å²) in [5.41, 5.74) is 1.79. The van der Waals surface area contributed by atoms with Crippen LogP contribution in [0.2, 0.25) is 0 Å². The van der Waals surface area contributed by atoms with Crippen LogP contribution in [0.4, 0.5) is 4.39 Å². The van der Waals surface area contributed by atoms with E-state index in [4.69, 9.17) is 4.74 Å². The fraction of sp³-hybridized carbons (Fsp3) is 0.133. The molecule has 90 valence electrons. The van der Waals surface area contributed by atoms with E-state index in [1.807, 2.05) is 18.2 Å². The zero-order valence-electron chi connectivity index (χ0n) is 9.60. The summed E-state index contributed by atoms with van der Waals surface area (Å²) in [4.78, 5) is 11.9. The van der Waals surface area contributed by atoms with Crippen molar-refractivity contribution in [2.24, 2.45) is 0 Å². The van der Waals surface area contributed by atoms with Gasteiger partial charge in [0.2, 0.25) is 0 Å². The van der Waals surface area contributed by atoms with E-state index in [1.54, 1.807) is 18.2 Å². The van der Waals surface area contributed by atoms with Crippen molar-refractivity contribution in [3.63, 3.8) is 0 Å². The van der Waals surface area contributed by atoms with E-state index in [2.05, 4.69) is 0 Å². The molecular weight excluding hydrogens is 231 g/mol. The molecule has 3 heteroatoms. The van der Waals surface area contributed by atoms with Gasteiger partial charge in [-0.15, -0.1) is 0 Å². The molecule has 0 saturated heterocycles. The van der Waals surface area contributed by atoms with Gasteiger partial charge in [0.15, 0.2) is 0 Å². The third-order valence-electron chi connectivity index (χ3n) is 3.16. The number of fused-ring (bicyclic) bond motifs is 1. The summed E-state index contributed by atoms with van der Waals surface area (Å²) in [7, 11) is 0. The number of esters is 1. The third-order valence-corrected chi connectivity index (χ3v) is 3.16. The van der Waals surface area contributed by atoms with Crippen LogP contribution in [0, 0.1) is 5.82 Å². The van der Waals surface area contributed by atoms with Crippen LogP contribution in [0.3, 0.4) is 0 Å². The van der Waals surface area contributed by atoms with Crippen molar-refractivity contribution >= 4 is 5.97 Å². The van der Waals surface area contributed by atoms with Crippen molar-refractivity contribution < 1.29 is 13.9 Å². The number of carbonyl (C=O) groups is 1. The molecule has 1 heterocycles. The topological polar surface area (TPSA) is 26.3 Å². The largest absolute Gasteiger partial charge is 0.426 e. The Morgan fingerprint density at radius 3 is 2.56 bits per heavy atom. The smallest absolute Gasteiger partial charge is 0.319 e. The summed E-state index contributed by atoms with van der Waals surface area (Å²) in [6.07, 6.45) is 0.598. The monoisotopic (exact) mass is 242 g/mol. The number of ether oxygens (including phenoxy) is 1. The quantitative estimate of drug-likeness (QED) is 0.567. The highest BCUT2D eigenvalue weighted by atomic mass is 19.1. The van der Waals surface area contributed by atoms with Gasteiger partial charge >= 0.3 is 5.97 Å². The van der Waals surface area contributed by atoms with Gasteiger partial charge in [0.25, 0.3) is 0 Å². The zero-order chi connectivity index (χ0) is 12.5. The van der Waals surface area contributed by atoms with Crippen molar-refractivity contribution in [3.05, 3.63) is 65.5 Å². The first-order valence-corrected chi connectivity index (χ1v) is 5.79. The van der Waals surface area contributed by atoms with Crippen LogP contribution in [0.1, 0.15) is 17.0 Å². The lowest BCUT2D eigenvalue weighted by Gasteiger charge is -2.23. The van der Waals surface area contributed by atoms with Crippen molar-refractivity contribution in [1.29, 1.82) is 0 Å². The molecule has 0 aromatic heterocycles. The SMILES string of the molecule is O=C1Oc2ccccc2CC1c1ccc(F)cc1. The second kappa shape index (κ2) is 4.26. The molecule has 1 atom stereocenters. The minimum atomic E-state index is -0.347. The van der Waals surface area contributed by atoms with Crippen molar-refractivity contribution in [1.82, 2.24) is 0 Å². The van der Waals surface area contributed by atoms with Crippen molar-refractivity contribution in [2.75, 3.05) is 0 Å². The minimum absolute atomic E-state index is 0.277. The predicted molar refractivity (Wildman–Crippen MR) is 64.9 cm³/mol. The van der Waals surface area contributed by atoms with Crippen molar-refractivity contribution in [3.8, 4) is 5.75 Å². The Balaban J connectivity index is 1.95. The number of hydrogen-bond donors (Lipinski definition) is 0. The van der Waals surface area contributed by atoms with Gasteiger partial charge < -0.3 is 4.74 Å². The van der Waals surface area contributed by atoms with E-state index in [-0.39, 0.29) is 17.7 Å². The molecule has 0 fully saturated rings. The summed E-state index contributed by atoms with van der Waals surface area (Å²) < 4.78 is 18.2. The second-order valence-electron chi connectivity index (χ2n) is 4.34. The van der Waals surface area contributed by atoms with Gasteiger partial charge in [-0.1, -0.05) is 30.3 Å². The molecule has 1 unspecified atom stereocenters. The average Bonchev–Trinajstić information content (AvgIpc) is 2.39. The zero-order valence-corrected chi connectivity index (χ0v) is 9.60. The van der Waals surface area contributed by atoms with Crippen LogP contribution in [-0.2, 0) is 11.2 Å². The molecule has 2 aromatic carbocycles.